The molecule has 1 aliphatic carbocycles. The summed E-state index contributed by atoms with van der Waals surface area (Å²) in [6.45, 7) is 7.74. The molecule has 18 heavy (non-hydrogen) atoms. The van der Waals surface area contributed by atoms with Crippen LogP contribution < -0.4 is 5.73 Å². The Morgan fingerprint density at radius 2 is 2.17 bits per heavy atom. The number of nitrogens with two attached hydrogens (primary N) is 1. The summed E-state index contributed by atoms with van der Waals surface area (Å²) in [5.41, 5.74) is 9.61. The molecule has 1 heterocycles. The summed E-state index contributed by atoms with van der Waals surface area (Å²) in [7, 11) is 0. The van der Waals surface area contributed by atoms with Crippen molar-refractivity contribution in [3.05, 3.63) is 17.0 Å². The van der Waals surface area contributed by atoms with Crippen molar-refractivity contribution in [1.29, 1.82) is 0 Å². The third-order valence-corrected chi connectivity index (χ3v) is 3.79. The number of hydrogen-bond donors (Lipinski definition) is 1. The Morgan fingerprint density at radius 1 is 1.44 bits per heavy atom. The monoisotopic (exact) mass is 251 g/mol. The summed E-state index contributed by atoms with van der Waals surface area (Å²) in [6.07, 6.45) is 4.57. The molecule has 4 nitrogen and oxygen atoms in total. The Morgan fingerprint density at radius 3 is 2.78 bits per heavy atom. The van der Waals surface area contributed by atoms with Gasteiger partial charge < -0.3 is 10.5 Å². The van der Waals surface area contributed by atoms with Crippen LogP contribution in [-0.2, 0) is 17.9 Å². The number of aryl methyl sites for hydroxylation is 1. The first kappa shape index (κ1) is 13.6. The molecule has 0 bridgehead atoms. The summed E-state index contributed by atoms with van der Waals surface area (Å²) < 4.78 is 7.66. The number of rotatable bonds is 7. The van der Waals surface area contributed by atoms with Crippen LogP contribution in [0.1, 0.15) is 43.1 Å². The highest BCUT2D eigenvalue weighted by Gasteiger charge is 2.21. The van der Waals surface area contributed by atoms with Crippen molar-refractivity contribution in [3.8, 4) is 0 Å². The van der Waals surface area contributed by atoms with Gasteiger partial charge in [-0.2, -0.15) is 5.10 Å². The van der Waals surface area contributed by atoms with E-state index >= 15 is 0 Å². The van der Waals surface area contributed by atoms with Gasteiger partial charge in [-0.15, -0.1) is 0 Å². The summed E-state index contributed by atoms with van der Waals surface area (Å²) in [5.74, 6) is 0.801. The number of aromatic nitrogens is 2. The van der Waals surface area contributed by atoms with E-state index in [2.05, 4.69) is 25.9 Å². The van der Waals surface area contributed by atoms with Gasteiger partial charge in [-0.05, 0) is 51.0 Å². The Hall–Kier alpha value is -0.870. The van der Waals surface area contributed by atoms with Gasteiger partial charge in [0.1, 0.15) is 6.73 Å². The van der Waals surface area contributed by atoms with E-state index in [9.17, 15) is 0 Å². The number of ether oxygens (including phenoxy) is 1. The second-order valence-corrected chi connectivity index (χ2v) is 5.46. The predicted octanol–water partition coefficient (Wildman–Crippen LogP) is 2.16. The fourth-order valence-corrected chi connectivity index (χ4v) is 2.15. The van der Waals surface area contributed by atoms with Gasteiger partial charge in [-0.25, -0.2) is 4.68 Å². The standard InChI is InChI=1S/C14H25N3O/c1-4-13(15)7-14-10(2)16-17(11(14)3)9-18-8-12-5-6-12/h12-13H,4-9,15H2,1-3H3. The first-order valence-corrected chi connectivity index (χ1v) is 6.98. The fraction of sp³-hybridized carbons (Fsp3) is 0.786. The third-order valence-electron chi connectivity index (χ3n) is 3.79. The molecule has 0 aromatic carbocycles. The molecule has 1 fully saturated rings. The molecule has 4 heteroatoms. The molecule has 1 atom stereocenters. The smallest absolute Gasteiger partial charge is 0.139 e. The van der Waals surface area contributed by atoms with Crippen molar-refractivity contribution in [2.24, 2.45) is 11.7 Å². The van der Waals surface area contributed by atoms with Gasteiger partial charge >= 0.3 is 0 Å². The lowest BCUT2D eigenvalue weighted by atomic mass is 10.0. The van der Waals surface area contributed by atoms with Crippen molar-refractivity contribution in [2.75, 3.05) is 6.61 Å². The van der Waals surface area contributed by atoms with Crippen LogP contribution >= 0.6 is 0 Å². The molecule has 0 spiro atoms. The van der Waals surface area contributed by atoms with Crippen LogP contribution in [0.3, 0.4) is 0 Å². The van der Waals surface area contributed by atoms with Gasteiger partial charge in [-0.1, -0.05) is 6.92 Å². The SMILES string of the molecule is CCC(N)Cc1c(C)nn(COCC2CC2)c1C. The second-order valence-electron chi connectivity index (χ2n) is 5.46. The Kier molecular flexibility index (Phi) is 4.40. The van der Waals surface area contributed by atoms with E-state index in [1.165, 1.54) is 24.1 Å². The Bertz CT molecular complexity index is 396. The van der Waals surface area contributed by atoms with Crippen molar-refractivity contribution < 1.29 is 4.74 Å². The van der Waals surface area contributed by atoms with E-state index in [0.29, 0.717) is 6.73 Å². The van der Waals surface area contributed by atoms with Crippen LogP contribution in [-0.4, -0.2) is 22.4 Å². The zero-order valence-corrected chi connectivity index (χ0v) is 11.8. The highest BCUT2D eigenvalue weighted by Crippen LogP contribution is 2.29. The molecule has 1 saturated carbocycles. The van der Waals surface area contributed by atoms with Crippen molar-refractivity contribution in [2.45, 2.75) is 59.2 Å². The summed E-state index contributed by atoms with van der Waals surface area (Å²) in [6, 6.07) is 0.229. The van der Waals surface area contributed by atoms with E-state index in [1.54, 1.807) is 0 Å². The van der Waals surface area contributed by atoms with Crippen LogP contribution in [0.5, 0.6) is 0 Å². The van der Waals surface area contributed by atoms with E-state index in [1.807, 2.05) is 4.68 Å². The van der Waals surface area contributed by atoms with Crippen LogP contribution in [0, 0.1) is 19.8 Å². The number of hydrogen-bond acceptors (Lipinski definition) is 3. The predicted molar refractivity (Wildman–Crippen MR) is 72.3 cm³/mol. The van der Waals surface area contributed by atoms with Gasteiger partial charge in [0.15, 0.2) is 0 Å². The molecule has 102 valence electrons. The highest BCUT2D eigenvalue weighted by molar-refractivity contribution is 5.25. The molecule has 0 aliphatic heterocycles. The fourth-order valence-electron chi connectivity index (χ4n) is 2.15. The van der Waals surface area contributed by atoms with Gasteiger partial charge in [0.25, 0.3) is 0 Å². The highest BCUT2D eigenvalue weighted by atomic mass is 16.5. The van der Waals surface area contributed by atoms with Gasteiger partial charge in [-0.3, -0.25) is 0 Å². The molecule has 2 N–H and O–H groups in total. The summed E-state index contributed by atoms with van der Waals surface area (Å²) in [5, 5.41) is 4.55. The van der Waals surface area contributed by atoms with Gasteiger partial charge in [0, 0.05) is 11.7 Å². The van der Waals surface area contributed by atoms with Gasteiger partial charge in [0.2, 0.25) is 0 Å². The molecule has 2 rings (SSSR count). The molecular weight excluding hydrogens is 226 g/mol. The molecule has 1 unspecified atom stereocenters. The quantitative estimate of drug-likeness (QED) is 0.808. The topological polar surface area (TPSA) is 53.1 Å². The van der Waals surface area contributed by atoms with Crippen molar-refractivity contribution >= 4 is 0 Å². The van der Waals surface area contributed by atoms with E-state index in [4.69, 9.17) is 10.5 Å². The Labute approximate surface area is 110 Å². The van der Waals surface area contributed by atoms with Crippen LogP contribution in [0.4, 0.5) is 0 Å². The zero-order valence-electron chi connectivity index (χ0n) is 11.8. The second kappa shape index (κ2) is 5.85. The Balaban J connectivity index is 1.95. The van der Waals surface area contributed by atoms with Crippen LogP contribution in [0.15, 0.2) is 0 Å². The minimum absolute atomic E-state index is 0.229. The first-order chi connectivity index (χ1) is 8.61. The molecule has 0 radical (unpaired) electrons. The zero-order chi connectivity index (χ0) is 13.1. The van der Waals surface area contributed by atoms with Crippen LogP contribution in [0.2, 0.25) is 0 Å². The lowest BCUT2D eigenvalue weighted by Gasteiger charge is -2.09. The maximum atomic E-state index is 6.03. The summed E-state index contributed by atoms with van der Waals surface area (Å²) >= 11 is 0. The molecule has 0 amide bonds. The minimum atomic E-state index is 0.229. The average molecular weight is 251 g/mol. The minimum Gasteiger partial charge on any atom is -0.359 e. The summed E-state index contributed by atoms with van der Waals surface area (Å²) in [4.78, 5) is 0. The van der Waals surface area contributed by atoms with Gasteiger partial charge in [0.05, 0.1) is 12.3 Å². The average Bonchev–Trinajstić information content (AvgIpc) is 3.13. The maximum Gasteiger partial charge on any atom is 0.139 e. The van der Waals surface area contributed by atoms with E-state index in [0.717, 1.165) is 31.1 Å². The van der Waals surface area contributed by atoms with E-state index < -0.39 is 0 Å². The lowest BCUT2D eigenvalue weighted by Crippen LogP contribution is -2.22. The molecule has 0 saturated heterocycles. The number of nitrogens with zero attached hydrogens (tertiary/aromatic N) is 2. The lowest BCUT2D eigenvalue weighted by molar-refractivity contribution is 0.0597. The van der Waals surface area contributed by atoms with Crippen LogP contribution in [0.25, 0.3) is 0 Å². The van der Waals surface area contributed by atoms with Crippen molar-refractivity contribution in [3.63, 3.8) is 0 Å². The van der Waals surface area contributed by atoms with Crippen molar-refractivity contribution in [1.82, 2.24) is 9.78 Å². The van der Waals surface area contributed by atoms with E-state index in [-0.39, 0.29) is 6.04 Å². The molecule has 1 aliphatic rings. The largest absolute Gasteiger partial charge is 0.359 e. The maximum absolute atomic E-state index is 6.03. The molecule has 1 aromatic rings. The molecular formula is C14H25N3O. The third kappa shape index (κ3) is 3.33. The first-order valence-electron chi connectivity index (χ1n) is 6.98. The molecule has 1 aromatic heterocycles. The normalized spacial score (nSPS) is 17.1.